The number of hydrogen-bond acceptors (Lipinski definition) is 3. The minimum Gasteiger partial charge on any atom is -1.00 e. The quantitative estimate of drug-likeness (QED) is 0.354. The number of aromatic nitrogens is 2. The number of halogens is 1. The number of carbonyl (C=O) groups is 2. The van der Waals surface area contributed by atoms with E-state index in [0.717, 1.165) is 0 Å². The Morgan fingerprint density at radius 2 is 2.00 bits per heavy atom. The fraction of sp³-hybridized carbons (Fsp3) is 0.545. The monoisotopic (exact) mass is 367 g/mol. The number of hydrogen-bond donors (Lipinski definition) is 1. The predicted molar refractivity (Wildman–Crippen MR) is 60.2 cm³/mol. The van der Waals surface area contributed by atoms with Crippen LogP contribution >= 0.6 is 0 Å². The minimum absolute atomic E-state index is 0. The van der Waals surface area contributed by atoms with E-state index in [1.165, 1.54) is 11.7 Å². The SMILES string of the molecule is COC(=O)[C@@H](NC(=O)n1cc[n+](C)c1)C(C)C.[I-]. The number of nitrogens with one attached hydrogen (secondary N) is 1. The van der Waals surface area contributed by atoms with Gasteiger partial charge >= 0.3 is 12.0 Å². The topological polar surface area (TPSA) is 64.2 Å². The second-order valence-electron chi connectivity index (χ2n) is 4.18. The minimum atomic E-state index is -0.639. The van der Waals surface area contributed by atoms with E-state index in [1.807, 2.05) is 20.9 Å². The summed E-state index contributed by atoms with van der Waals surface area (Å²) >= 11 is 0. The molecule has 0 spiro atoms. The average Bonchev–Trinajstić information content (AvgIpc) is 2.71. The van der Waals surface area contributed by atoms with Crippen LogP contribution in [0.5, 0.6) is 0 Å². The Balaban J connectivity index is 0.00000289. The molecular formula is C11H18IN3O3. The lowest BCUT2D eigenvalue weighted by Crippen LogP contribution is -3.00. The van der Waals surface area contributed by atoms with Gasteiger partial charge in [0.05, 0.1) is 14.2 Å². The maximum absolute atomic E-state index is 11.8. The Bertz CT molecular complexity index is 417. The van der Waals surface area contributed by atoms with E-state index in [0.29, 0.717) is 0 Å². The standard InChI is InChI=1S/C11H17N3O3.HI/c1-8(2)9(10(15)17-4)12-11(16)14-6-5-13(3)7-14;/h5-9H,1-4H3;1H/t9-;/m0./s1. The van der Waals surface area contributed by atoms with E-state index in [4.69, 9.17) is 0 Å². The Morgan fingerprint density at radius 3 is 2.39 bits per heavy atom. The van der Waals surface area contributed by atoms with E-state index in [-0.39, 0.29) is 35.9 Å². The maximum atomic E-state index is 11.8. The Labute approximate surface area is 123 Å². The van der Waals surface area contributed by atoms with E-state index in [1.54, 1.807) is 23.3 Å². The molecule has 0 fully saturated rings. The van der Waals surface area contributed by atoms with Gasteiger partial charge in [-0.2, -0.15) is 4.57 Å². The first kappa shape index (κ1) is 16.9. The van der Waals surface area contributed by atoms with Gasteiger partial charge in [0, 0.05) is 0 Å². The maximum Gasteiger partial charge on any atom is 0.413 e. The first-order valence-electron chi connectivity index (χ1n) is 5.37. The number of methoxy groups -OCH3 is 1. The van der Waals surface area contributed by atoms with Crippen LogP contribution < -0.4 is 33.9 Å². The van der Waals surface area contributed by atoms with Crippen molar-refractivity contribution in [3.8, 4) is 0 Å². The second kappa shape index (κ2) is 7.34. The number of ether oxygens (including phenoxy) is 1. The molecule has 1 N–H and O–H groups in total. The van der Waals surface area contributed by atoms with Gasteiger partial charge in [0.25, 0.3) is 6.33 Å². The van der Waals surface area contributed by atoms with Gasteiger partial charge in [-0.05, 0) is 5.92 Å². The summed E-state index contributed by atoms with van der Waals surface area (Å²) in [7, 11) is 3.11. The van der Waals surface area contributed by atoms with Crippen LogP contribution in [-0.4, -0.2) is 29.7 Å². The number of nitrogens with zero attached hydrogens (tertiary/aromatic N) is 2. The summed E-state index contributed by atoms with van der Waals surface area (Å²) in [6, 6.07) is -0.991. The highest BCUT2D eigenvalue weighted by atomic mass is 127. The summed E-state index contributed by atoms with van der Waals surface area (Å²) in [6.45, 7) is 3.69. The lowest BCUT2D eigenvalue weighted by Gasteiger charge is -2.17. The molecule has 1 aromatic heterocycles. The van der Waals surface area contributed by atoms with Crippen LogP contribution in [0.4, 0.5) is 4.79 Å². The van der Waals surface area contributed by atoms with Gasteiger partial charge in [0.1, 0.15) is 18.4 Å². The van der Waals surface area contributed by atoms with Crippen molar-refractivity contribution in [1.29, 1.82) is 0 Å². The zero-order chi connectivity index (χ0) is 13.0. The first-order valence-corrected chi connectivity index (χ1v) is 5.37. The van der Waals surface area contributed by atoms with Crippen molar-refractivity contribution >= 4 is 12.0 Å². The molecule has 1 aromatic rings. The molecule has 0 aliphatic carbocycles. The van der Waals surface area contributed by atoms with Gasteiger partial charge in [0.15, 0.2) is 0 Å². The Kier molecular flexibility index (Phi) is 6.89. The first-order chi connectivity index (χ1) is 7.95. The summed E-state index contributed by atoms with van der Waals surface area (Å²) in [6.07, 6.45) is 4.97. The van der Waals surface area contributed by atoms with Crippen molar-refractivity contribution in [2.45, 2.75) is 19.9 Å². The van der Waals surface area contributed by atoms with Crippen molar-refractivity contribution in [3.63, 3.8) is 0 Å². The number of imidazole rings is 1. The van der Waals surface area contributed by atoms with E-state index in [9.17, 15) is 9.59 Å². The fourth-order valence-electron chi connectivity index (χ4n) is 1.40. The molecule has 6 nitrogen and oxygen atoms in total. The van der Waals surface area contributed by atoms with Crippen LogP contribution in [0.15, 0.2) is 18.7 Å². The number of amides is 1. The summed E-state index contributed by atoms with van der Waals surface area (Å²) in [4.78, 5) is 23.3. The Hall–Kier alpha value is -1.12. The number of aryl methyl sites for hydroxylation is 1. The second-order valence-corrected chi connectivity index (χ2v) is 4.18. The van der Waals surface area contributed by atoms with Gasteiger partial charge in [-0.1, -0.05) is 13.8 Å². The number of rotatable bonds is 3. The molecule has 0 aliphatic heterocycles. The lowest BCUT2D eigenvalue weighted by atomic mass is 10.1. The van der Waals surface area contributed by atoms with Crippen molar-refractivity contribution in [3.05, 3.63) is 18.7 Å². The van der Waals surface area contributed by atoms with Gasteiger partial charge < -0.3 is 34.0 Å². The van der Waals surface area contributed by atoms with E-state index >= 15 is 0 Å². The highest BCUT2D eigenvalue weighted by Gasteiger charge is 2.27. The lowest BCUT2D eigenvalue weighted by molar-refractivity contribution is -0.670. The molecule has 7 heteroatoms. The molecule has 102 valence electrons. The van der Waals surface area contributed by atoms with Crippen LogP contribution in [0.2, 0.25) is 0 Å². The molecular weight excluding hydrogens is 349 g/mol. The normalized spacial score (nSPS) is 11.6. The van der Waals surface area contributed by atoms with Crippen LogP contribution in [0.25, 0.3) is 0 Å². The molecule has 1 atom stereocenters. The van der Waals surface area contributed by atoms with Crippen molar-refractivity contribution in [2.75, 3.05) is 7.11 Å². The average molecular weight is 367 g/mol. The molecule has 0 saturated heterocycles. The summed E-state index contributed by atoms with van der Waals surface area (Å²) in [5.41, 5.74) is 0. The van der Waals surface area contributed by atoms with Crippen LogP contribution in [0, 0.1) is 5.92 Å². The van der Waals surface area contributed by atoms with Crippen molar-refractivity contribution in [2.24, 2.45) is 13.0 Å². The zero-order valence-electron chi connectivity index (χ0n) is 10.9. The third kappa shape index (κ3) is 4.28. The van der Waals surface area contributed by atoms with Crippen molar-refractivity contribution < 1.29 is 42.9 Å². The zero-order valence-corrected chi connectivity index (χ0v) is 13.0. The summed E-state index contributed by atoms with van der Waals surface area (Å²) in [5, 5.41) is 2.63. The summed E-state index contributed by atoms with van der Waals surface area (Å²) < 4.78 is 7.76. The highest BCUT2D eigenvalue weighted by molar-refractivity contribution is 5.84. The van der Waals surface area contributed by atoms with Gasteiger partial charge in [-0.25, -0.2) is 14.2 Å². The number of carbonyl (C=O) groups excluding carboxylic acids is 2. The van der Waals surface area contributed by atoms with E-state index < -0.39 is 12.0 Å². The highest BCUT2D eigenvalue weighted by Crippen LogP contribution is 2.03. The fourth-order valence-corrected chi connectivity index (χ4v) is 1.40. The molecule has 1 rings (SSSR count). The smallest absolute Gasteiger partial charge is 0.413 e. The summed E-state index contributed by atoms with van der Waals surface area (Å²) in [5.74, 6) is -0.472. The van der Waals surface area contributed by atoms with E-state index in [2.05, 4.69) is 10.1 Å². The molecule has 0 bridgehead atoms. The third-order valence-corrected chi connectivity index (χ3v) is 2.40. The molecule has 1 heterocycles. The van der Waals surface area contributed by atoms with Gasteiger partial charge in [-0.15, -0.1) is 0 Å². The molecule has 18 heavy (non-hydrogen) atoms. The third-order valence-electron chi connectivity index (χ3n) is 2.40. The van der Waals surface area contributed by atoms with Crippen LogP contribution in [-0.2, 0) is 16.6 Å². The molecule has 0 saturated carbocycles. The van der Waals surface area contributed by atoms with Gasteiger partial charge in [0.2, 0.25) is 0 Å². The van der Waals surface area contributed by atoms with Crippen LogP contribution in [0.1, 0.15) is 13.8 Å². The number of esters is 1. The van der Waals surface area contributed by atoms with Crippen LogP contribution in [0.3, 0.4) is 0 Å². The molecule has 0 aromatic carbocycles. The molecule has 0 radical (unpaired) electrons. The predicted octanol–water partition coefficient (Wildman–Crippen LogP) is -2.93. The molecule has 0 unspecified atom stereocenters. The van der Waals surface area contributed by atoms with Crippen molar-refractivity contribution in [1.82, 2.24) is 9.88 Å². The molecule has 1 amide bonds. The molecule has 0 aliphatic rings. The Morgan fingerprint density at radius 1 is 1.39 bits per heavy atom. The van der Waals surface area contributed by atoms with Gasteiger partial charge in [-0.3, -0.25) is 0 Å². The largest absolute Gasteiger partial charge is 1.00 e.